The van der Waals surface area contributed by atoms with E-state index in [4.69, 9.17) is 0 Å². The molecule has 0 aromatic heterocycles. The van der Waals surface area contributed by atoms with E-state index in [2.05, 4.69) is 0 Å². The number of anilines is 2. The van der Waals surface area contributed by atoms with Crippen molar-refractivity contribution in [3.05, 3.63) is 60.2 Å². The summed E-state index contributed by atoms with van der Waals surface area (Å²) in [5.41, 5.74) is 1.78. The fraction of sp³-hybridized carbons (Fsp3) is 0.143. The zero-order valence-corrected chi connectivity index (χ0v) is 9.53. The summed E-state index contributed by atoms with van der Waals surface area (Å²) >= 11 is 0. The summed E-state index contributed by atoms with van der Waals surface area (Å²) in [6.45, 7) is 2.73. The Hall–Kier alpha value is -1.90. The Bertz CT molecular complexity index is 431. The first-order valence-electron chi connectivity index (χ1n) is 5.49. The van der Waals surface area contributed by atoms with E-state index in [-0.39, 0.29) is 11.6 Å². The van der Waals surface area contributed by atoms with Gasteiger partial charge < -0.3 is 4.90 Å². The summed E-state index contributed by atoms with van der Waals surface area (Å²) < 4.78 is 25.7. The van der Waals surface area contributed by atoms with Crippen molar-refractivity contribution in [3.8, 4) is 0 Å². The van der Waals surface area contributed by atoms with Crippen molar-refractivity contribution in [1.82, 2.24) is 0 Å². The highest BCUT2D eigenvalue weighted by molar-refractivity contribution is 5.62. The second-order valence-corrected chi connectivity index (χ2v) is 3.70. The van der Waals surface area contributed by atoms with Gasteiger partial charge in [-0.2, -0.15) is 0 Å². The van der Waals surface area contributed by atoms with Crippen molar-refractivity contribution in [2.75, 3.05) is 11.4 Å². The Morgan fingerprint density at radius 3 is 1.41 bits per heavy atom. The summed E-state index contributed by atoms with van der Waals surface area (Å²) in [4.78, 5) is 1.98. The van der Waals surface area contributed by atoms with Gasteiger partial charge in [-0.25, -0.2) is 8.78 Å². The van der Waals surface area contributed by atoms with E-state index < -0.39 is 0 Å². The standard InChI is InChI=1S/C14H13F2N/c1-2-17(13-7-3-11(15)4-8-13)14-9-5-12(16)6-10-14/h3-10H,2H2,1H3. The smallest absolute Gasteiger partial charge is 0.123 e. The molecular weight excluding hydrogens is 220 g/mol. The summed E-state index contributed by atoms with van der Waals surface area (Å²) in [7, 11) is 0. The molecule has 0 aliphatic rings. The van der Waals surface area contributed by atoms with Crippen molar-refractivity contribution in [3.63, 3.8) is 0 Å². The molecule has 0 saturated heterocycles. The van der Waals surface area contributed by atoms with Gasteiger partial charge in [0.15, 0.2) is 0 Å². The molecule has 0 amide bonds. The van der Waals surface area contributed by atoms with Crippen LogP contribution >= 0.6 is 0 Å². The summed E-state index contributed by atoms with van der Waals surface area (Å²) in [5, 5.41) is 0. The van der Waals surface area contributed by atoms with E-state index in [1.165, 1.54) is 24.3 Å². The van der Waals surface area contributed by atoms with Gasteiger partial charge in [0.1, 0.15) is 11.6 Å². The van der Waals surface area contributed by atoms with Crippen LogP contribution in [0.4, 0.5) is 20.2 Å². The van der Waals surface area contributed by atoms with Gasteiger partial charge in [-0.15, -0.1) is 0 Å². The van der Waals surface area contributed by atoms with Crippen LogP contribution in [0.3, 0.4) is 0 Å². The molecule has 0 atom stereocenters. The van der Waals surface area contributed by atoms with Crippen LogP contribution in [0.5, 0.6) is 0 Å². The van der Waals surface area contributed by atoms with Gasteiger partial charge >= 0.3 is 0 Å². The van der Waals surface area contributed by atoms with Gasteiger partial charge in [0.2, 0.25) is 0 Å². The van der Waals surface area contributed by atoms with Gasteiger partial charge in [0.25, 0.3) is 0 Å². The van der Waals surface area contributed by atoms with E-state index in [0.29, 0.717) is 0 Å². The largest absolute Gasteiger partial charge is 0.342 e. The number of hydrogen-bond donors (Lipinski definition) is 0. The summed E-state index contributed by atoms with van der Waals surface area (Å²) in [5.74, 6) is -0.521. The number of rotatable bonds is 3. The van der Waals surface area contributed by atoms with E-state index in [1.807, 2.05) is 11.8 Å². The third-order valence-electron chi connectivity index (χ3n) is 2.59. The lowest BCUT2D eigenvalue weighted by Gasteiger charge is -2.23. The molecule has 0 heterocycles. The highest BCUT2D eigenvalue weighted by atomic mass is 19.1. The van der Waals surface area contributed by atoms with Crippen molar-refractivity contribution in [2.45, 2.75) is 6.92 Å². The molecule has 2 rings (SSSR count). The summed E-state index contributed by atoms with van der Waals surface area (Å²) in [6, 6.07) is 12.5. The second kappa shape index (κ2) is 4.95. The number of hydrogen-bond acceptors (Lipinski definition) is 1. The fourth-order valence-corrected chi connectivity index (χ4v) is 1.76. The normalized spacial score (nSPS) is 10.3. The molecule has 0 aliphatic carbocycles. The topological polar surface area (TPSA) is 3.24 Å². The molecule has 0 spiro atoms. The summed E-state index contributed by atoms with van der Waals surface area (Å²) in [6.07, 6.45) is 0. The SMILES string of the molecule is CCN(c1ccc(F)cc1)c1ccc(F)cc1. The minimum atomic E-state index is -0.260. The molecule has 0 fully saturated rings. The van der Waals surface area contributed by atoms with Crippen molar-refractivity contribution >= 4 is 11.4 Å². The predicted octanol–water partition coefficient (Wildman–Crippen LogP) is 4.12. The Kier molecular flexibility index (Phi) is 3.38. The van der Waals surface area contributed by atoms with Gasteiger partial charge in [-0.3, -0.25) is 0 Å². The maximum atomic E-state index is 12.8. The van der Waals surface area contributed by atoms with Gasteiger partial charge in [0, 0.05) is 17.9 Å². The zero-order valence-electron chi connectivity index (χ0n) is 9.53. The molecule has 3 heteroatoms. The quantitative estimate of drug-likeness (QED) is 0.770. The molecular formula is C14H13F2N. The third-order valence-corrected chi connectivity index (χ3v) is 2.59. The predicted molar refractivity (Wildman–Crippen MR) is 65.5 cm³/mol. The van der Waals surface area contributed by atoms with Gasteiger partial charge in [-0.1, -0.05) is 0 Å². The lowest BCUT2D eigenvalue weighted by molar-refractivity contribution is 0.627. The van der Waals surface area contributed by atoms with E-state index in [1.54, 1.807) is 24.3 Å². The Morgan fingerprint density at radius 2 is 1.12 bits per heavy atom. The highest BCUT2D eigenvalue weighted by Crippen LogP contribution is 2.25. The van der Waals surface area contributed by atoms with Crippen LogP contribution in [0.15, 0.2) is 48.5 Å². The lowest BCUT2D eigenvalue weighted by Crippen LogP contribution is -2.15. The zero-order chi connectivity index (χ0) is 12.3. The second-order valence-electron chi connectivity index (χ2n) is 3.70. The highest BCUT2D eigenvalue weighted by Gasteiger charge is 2.06. The van der Waals surface area contributed by atoms with Crippen molar-refractivity contribution in [1.29, 1.82) is 0 Å². The lowest BCUT2D eigenvalue weighted by atomic mass is 10.2. The Balaban J connectivity index is 2.33. The minimum absolute atomic E-state index is 0.260. The van der Waals surface area contributed by atoms with Crippen LogP contribution in [-0.2, 0) is 0 Å². The molecule has 0 radical (unpaired) electrons. The number of nitrogens with zero attached hydrogens (tertiary/aromatic N) is 1. The van der Waals surface area contributed by atoms with Crippen LogP contribution < -0.4 is 4.90 Å². The third kappa shape index (κ3) is 2.61. The first kappa shape index (κ1) is 11.6. The maximum absolute atomic E-state index is 12.8. The van der Waals surface area contributed by atoms with Crippen LogP contribution in [0.25, 0.3) is 0 Å². The molecule has 2 aromatic rings. The van der Waals surface area contributed by atoms with Gasteiger partial charge in [-0.05, 0) is 55.5 Å². The first-order valence-corrected chi connectivity index (χ1v) is 5.49. The van der Waals surface area contributed by atoms with Gasteiger partial charge in [0.05, 0.1) is 0 Å². The van der Waals surface area contributed by atoms with Crippen LogP contribution in [-0.4, -0.2) is 6.54 Å². The molecule has 17 heavy (non-hydrogen) atoms. The molecule has 0 saturated carbocycles. The van der Waals surface area contributed by atoms with Crippen molar-refractivity contribution in [2.24, 2.45) is 0 Å². The van der Waals surface area contributed by atoms with E-state index in [9.17, 15) is 8.78 Å². The maximum Gasteiger partial charge on any atom is 0.123 e. The molecule has 1 nitrogen and oxygen atoms in total. The Labute approximate surface area is 99.3 Å². The first-order chi connectivity index (χ1) is 8.20. The van der Waals surface area contributed by atoms with Crippen molar-refractivity contribution < 1.29 is 8.78 Å². The molecule has 0 N–H and O–H groups in total. The fourth-order valence-electron chi connectivity index (χ4n) is 1.76. The van der Waals surface area contributed by atoms with E-state index in [0.717, 1.165) is 17.9 Å². The number of halogens is 2. The molecule has 0 unspecified atom stereocenters. The van der Waals surface area contributed by atoms with Crippen LogP contribution in [0.2, 0.25) is 0 Å². The van der Waals surface area contributed by atoms with Crippen LogP contribution in [0.1, 0.15) is 6.92 Å². The molecule has 2 aromatic carbocycles. The minimum Gasteiger partial charge on any atom is -0.342 e. The Morgan fingerprint density at radius 1 is 0.765 bits per heavy atom. The number of benzene rings is 2. The monoisotopic (exact) mass is 233 g/mol. The molecule has 0 bridgehead atoms. The molecule has 0 aliphatic heterocycles. The molecule has 88 valence electrons. The van der Waals surface area contributed by atoms with E-state index >= 15 is 0 Å². The average Bonchev–Trinajstić information content (AvgIpc) is 2.35. The van der Waals surface area contributed by atoms with Crippen LogP contribution in [0, 0.1) is 11.6 Å². The average molecular weight is 233 g/mol.